The number of hydrogen-bond acceptors (Lipinski definition) is 8. The van der Waals surface area contributed by atoms with E-state index in [2.05, 4.69) is 13.6 Å². The number of benzene rings is 2. The number of oxazole rings is 1. The highest BCUT2D eigenvalue weighted by molar-refractivity contribution is 7.89. The summed E-state index contributed by atoms with van der Waals surface area (Å²) in [6.45, 7) is 6.66. The molecular formula is C22H23N5O3S2. The topological polar surface area (TPSA) is 92.4 Å². The van der Waals surface area contributed by atoms with Crippen molar-refractivity contribution in [3.05, 3.63) is 59.5 Å². The first-order valence-electron chi connectivity index (χ1n) is 10.4. The Kier molecular flexibility index (Phi) is 5.54. The highest BCUT2D eigenvalue weighted by Crippen LogP contribution is 2.26. The Labute approximate surface area is 190 Å². The van der Waals surface area contributed by atoms with Gasteiger partial charge in [0.05, 0.1) is 17.4 Å². The van der Waals surface area contributed by atoms with Crippen molar-refractivity contribution >= 4 is 32.8 Å². The van der Waals surface area contributed by atoms with Crippen LogP contribution >= 0.6 is 11.7 Å². The van der Waals surface area contributed by atoms with E-state index in [-0.39, 0.29) is 4.90 Å². The maximum Gasteiger partial charge on any atom is 0.245 e. The van der Waals surface area contributed by atoms with Crippen LogP contribution in [0.2, 0.25) is 0 Å². The van der Waals surface area contributed by atoms with Crippen LogP contribution in [0.25, 0.3) is 22.5 Å². The number of rotatable bonds is 5. The highest BCUT2D eigenvalue weighted by atomic mass is 32.2. The second-order valence-corrected chi connectivity index (χ2v) is 10.4. The van der Waals surface area contributed by atoms with E-state index < -0.39 is 10.0 Å². The Hall–Kier alpha value is -2.66. The second kappa shape index (κ2) is 8.36. The molecule has 8 nitrogen and oxygen atoms in total. The lowest BCUT2D eigenvalue weighted by molar-refractivity contribution is 0.179. The number of sulfonamides is 1. The fraction of sp³-hybridized carbons (Fsp3) is 0.318. The number of aryl methyl sites for hydroxylation is 2. The Morgan fingerprint density at radius 3 is 2.50 bits per heavy atom. The van der Waals surface area contributed by atoms with E-state index in [1.807, 2.05) is 38.1 Å². The van der Waals surface area contributed by atoms with Gasteiger partial charge in [-0.2, -0.15) is 13.1 Å². The Balaban J connectivity index is 1.27. The summed E-state index contributed by atoms with van der Waals surface area (Å²) in [4.78, 5) is 7.13. The van der Waals surface area contributed by atoms with E-state index in [9.17, 15) is 8.42 Å². The van der Waals surface area contributed by atoms with Crippen molar-refractivity contribution in [3.63, 3.8) is 0 Å². The second-order valence-electron chi connectivity index (χ2n) is 7.96. The lowest BCUT2D eigenvalue weighted by atomic mass is 10.1. The lowest BCUT2D eigenvalue weighted by Gasteiger charge is -2.33. The largest absolute Gasteiger partial charge is 0.441 e. The molecule has 0 unspecified atom stereocenters. The van der Waals surface area contributed by atoms with Gasteiger partial charge in [0.25, 0.3) is 0 Å². The summed E-state index contributed by atoms with van der Waals surface area (Å²) in [5, 5.41) is 0. The minimum Gasteiger partial charge on any atom is -0.441 e. The SMILES string of the molecule is Cc1ccc(-c2nc(CN3CCN(S(=O)(=O)c4cccc5nsnc45)CC3)c(C)o2)cc1. The molecule has 0 aliphatic carbocycles. The van der Waals surface area contributed by atoms with Gasteiger partial charge < -0.3 is 4.42 Å². The van der Waals surface area contributed by atoms with Crippen LogP contribution in [0.15, 0.2) is 51.8 Å². The van der Waals surface area contributed by atoms with E-state index in [4.69, 9.17) is 9.40 Å². The van der Waals surface area contributed by atoms with Gasteiger partial charge in [-0.05, 0) is 38.1 Å². The van der Waals surface area contributed by atoms with E-state index in [1.54, 1.807) is 18.2 Å². The van der Waals surface area contributed by atoms with Gasteiger partial charge in [-0.3, -0.25) is 4.90 Å². The summed E-state index contributed by atoms with van der Waals surface area (Å²) < 4.78 is 42.2. The standard InChI is InChI=1S/C22H23N5O3S2/c1-15-6-8-17(9-7-15)22-23-19(16(2)30-22)14-26-10-12-27(13-11-26)32(28,29)20-5-3-4-18-21(20)25-31-24-18/h3-9H,10-14H2,1-2H3. The molecule has 1 fully saturated rings. The predicted molar refractivity (Wildman–Crippen MR) is 123 cm³/mol. The number of nitrogens with zero attached hydrogens (tertiary/aromatic N) is 5. The zero-order chi connectivity index (χ0) is 22.3. The molecule has 4 aromatic rings. The number of hydrogen-bond donors (Lipinski definition) is 0. The van der Waals surface area contributed by atoms with Crippen molar-refractivity contribution in [1.82, 2.24) is 22.9 Å². The van der Waals surface area contributed by atoms with Crippen LogP contribution in [0.4, 0.5) is 0 Å². The Bertz CT molecular complexity index is 1350. The fourth-order valence-corrected chi connectivity index (χ4v) is 6.04. The molecule has 0 N–H and O–H groups in total. The molecule has 1 aliphatic heterocycles. The summed E-state index contributed by atoms with van der Waals surface area (Å²) in [6, 6.07) is 13.2. The summed E-state index contributed by atoms with van der Waals surface area (Å²) in [7, 11) is -3.62. The van der Waals surface area contributed by atoms with Gasteiger partial charge in [-0.1, -0.05) is 23.8 Å². The average Bonchev–Trinajstić information content (AvgIpc) is 3.41. The summed E-state index contributed by atoms with van der Waals surface area (Å²) in [6.07, 6.45) is 0. The third-order valence-corrected chi connectivity index (χ3v) is 8.24. The normalized spacial score (nSPS) is 16.1. The summed E-state index contributed by atoms with van der Waals surface area (Å²) in [5.41, 5.74) is 4.08. The third kappa shape index (κ3) is 3.95. The molecule has 2 aromatic carbocycles. The van der Waals surface area contributed by atoms with E-state index in [1.165, 1.54) is 9.87 Å². The van der Waals surface area contributed by atoms with Crippen molar-refractivity contribution in [3.8, 4) is 11.5 Å². The van der Waals surface area contributed by atoms with Crippen LogP contribution in [-0.4, -0.2) is 57.5 Å². The smallest absolute Gasteiger partial charge is 0.245 e. The summed E-state index contributed by atoms with van der Waals surface area (Å²) >= 11 is 1.03. The molecule has 0 amide bonds. The molecule has 0 radical (unpaired) electrons. The minimum absolute atomic E-state index is 0.229. The van der Waals surface area contributed by atoms with Gasteiger partial charge in [0.2, 0.25) is 15.9 Å². The molecule has 166 valence electrons. The van der Waals surface area contributed by atoms with Crippen LogP contribution in [0.5, 0.6) is 0 Å². The lowest BCUT2D eigenvalue weighted by Crippen LogP contribution is -2.48. The van der Waals surface area contributed by atoms with Crippen molar-refractivity contribution in [2.45, 2.75) is 25.3 Å². The number of piperazine rings is 1. The van der Waals surface area contributed by atoms with Crippen molar-refractivity contribution in [2.75, 3.05) is 26.2 Å². The molecule has 2 aromatic heterocycles. The molecule has 1 aliphatic rings. The molecule has 0 spiro atoms. The molecule has 0 atom stereocenters. The molecule has 0 saturated carbocycles. The van der Waals surface area contributed by atoms with Crippen LogP contribution in [0.1, 0.15) is 17.0 Å². The minimum atomic E-state index is -3.62. The maximum atomic E-state index is 13.2. The van der Waals surface area contributed by atoms with Gasteiger partial charge in [0.1, 0.15) is 21.7 Å². The van der Waals surface area contributed by atoms with E-state index >= 15 is 0 Å². The number of fused-ring (bicyclic) bond motifs is 1. The van der Waals surface area contributed by atoms with Gasteiger partial charge in [-0.15, -0.1) is 0 Å². The monoisotopic (exact) mass is 469 g/mol. The summed E-state index contributed by atoms with van der Waals surface area (Å²) in [5.74, 6) is 1.40. The molecule has 0 bridgehead atoms. The number of aromatic nitrogens is 3. The van der Waals surface area contributed by atoms with Gasteiger partial charge in [-0.25, -0.2) is 13.4 Å². The molecule has 10 heteroatoms. The highest BCUT2D eigenvalue weighted by Gasteiger charge is 2.31. The van der Waals surface area contributed by atoms with Gasteiger partial charge in [0, 0.05) is 38.3 Å². The van der Waals surface area contributed by atoms with Crippen LogP contribution in [-0.2, 0) is 16.6 Å². The third-order valence-electron chi connectivity index (χ3n) is 5.76. The van der Waals surface area contributed by atoms with Crippen LogP contribution in [0.3, 0.4) is 0 Å². The first-order valence-corrected chi connectivity index (χ1v) is 12.6. The predicted octanol–water partition coefficient (Wildman–Crippen LogP) is 3.47. The van der Waals surface area contributed by atoms with Gasteiger partial charge in [0.15, 0.2) is 0 Å². The van der Waals surface area contributed by atoms with E-state index in [0.717, 1.165) is 28.7 Å². The average molecular weight is 470 g/mol. The van der Waals surface area contributed by atoms with Crippen molar-refractivity contribution in [1.29, 1.82) is 0 Å². The Morgan fingerprint density at radius 2 is 1.75 bits per heavy atom. The van der Waals surface area contributed by atoms with Crippen LogP contribution in [0, 0.1) is 13.8 Å². The molecule has 1 saturated heterocycles. The van der Waals surface area contributed by atoms with Crippen molar-refractivity contribution in [2.24, 2.45) is 0 Å². The molecule has 32 heavy (non-hydrogen) atoms. The zero-order valence-corrected chi connectivity index (χ0v) is 19.5. The van der Waals surface area contributed by atoms with Crippen LogP contribution < -0.4 is 0 Å². The van der Waals surface area contributed by atoms with Crippen molar-refractivity contribution < 1.29 is 12.8 Å². The molecule has 5 rings (SSSR count). The molecule has 3 heterocycles. The maximum absolute atomic E-state index is 13.2. The zero-order valence-electron chi connectivity index (χ0n) is 17.9. The fourth-order valence-electron chi connectivity index (χ4n) is 3.86. The van der Waals surface area contributed by atoms with E-state index in [0.29, 0.717) is 49.6 Å². The molecular weight excluding hydrogens is 446 g/mol. The quantitative estimate of drug-likeness (QED) is 0.442. The van der Waals surface area contributed by atoms with Gasteiger partial charge >= 0.3 is 0 Å². The Morgan fingerprint density at radius 1 is 1.00 bits per heavy atom. The first-order chi connectivity index (χ1) is 15.4. The first kappa shape index (κ1) is 21.2.